The number of carbonyl (C=O) groups excluding carboxylic acids is 2. The second-order valence-electron chi connectivity index (χ2n) is 22.1. The van der Waals surface area contributed by atoms with E-state index >= 15 is 0 Å². The molecule has 71 heavy (non-hydrogen) atoms. The van der Waals surface area contributed by atoms with E-state index in [9.17, 15) is 19.8 Å². The monoisotopic (exact) mass is 1000 g/mol. The highest BCUT2D eigenvalue weighted by Crippen LogP contribution is 2.18. The van der Waals surface area contributed by atoms with E-state index in [1.165, 1.54) is 270 Å². The number of aliphatic hydroxyl groups excluding tert-OH is 2. The lowest BCUT2D eigenvalue weighted by Gasteiger charge is -2.22. The average Bonchev–Trinajstić information content (AvgIpc) is 3.37. The number of unbranched alkanes of at least 4 members (excludes halogenated alkanes) is 45. The molecular weight excluding hydrogens is 875 g/mol. The number of ether oxygens (including phenoxy) is 1. The first-order chi connectivity index (χ1) is 35.0. The fourth-order valence-corrected chi connectivity index (χ4v) is 10.1. The van der Waals surface area contributed by atoms with Crippen molar-refractivity contribution >= 4 is 11.9 Å². The Hall–Kier alpha value is -1.66. The van der Waals surface area contributed by atoms with Crippen molar-refractivity contribution in [2.45, 2.75) is 366 Å². The van der Waals surface area contributed by atoms with E-state index in [1.54, 1.807) is 0 Å². The summed E-state index contributed by atoms with van der Waals surface area (Å²) in [5, 5.41) is 23.3. The molecular formula is C65H125NO5. The van der Waals surface area contributed by atoms with Gasteiger partial charge in [0.05, 0.1) is 25.4 Å². The van der Waals surface area contributed by atoms with Crippen LogP contribution >= 0.6 is 0 Å². The third-order valence-corrected chi connectivity index (χ3v) is 15.0. The molecule has 0 saturated heterocycles. The second kappa shape index (κ2) is 60.9. The van der Waals surface area contributed by atoms with Crippen LogP contribution in [0.5, 0.6) is 0 Å². The summed E-state index contributed by atoms with van der Waals surface area (Å²) in [6.45, 7) is 4.95. The van der Waals surface area contributed by atoms with Crippen molar-refractivity contribution in [3.8, 4) is 0 Å². The Morgan fingerprint density at radius 2 is 0.704 bits per heavy atom. The summed E-state index contributed by atoms with van der Waals surface area (Å²) in [6.07, 6.45) is 74.7. The Morgan fingerprint density at radius 1 is 0.394 bits per heavy atom. The molecule has 0 spiro atoms. The van der Waals surface area contributed by atoms with Gasteiger partial charge in [-0.2, -0.15) is 0 Å². The number of aliphatic hydroxyl groups is 2. The van der Waals surface area contributed by atoms with Gasteiger partial charge >= 0.3 is 5.97 Å². The molecule has 0 heterocycles. The molecule has 0 radical (unpaired) electrons. The van der Waals surface area contributed by atoms with Crippen molar-refractivity contribution in [2.24, 2.45) is 0 Å². The number of esters is 1. The minimum atomic E-state index is -0.664. The van der Waals surface area contributed by atoms with Gasteiger partial charge in [0.15, 0.2) is 0 Å². The summed E-state index contributed by atoms with van der Waals surface area (Å²) in [6, 6.07) is -0.541. The third kappa shape index (κ3) is 57.5. The Labute approximate surface area is 443 Å². The Balaban J connectivity index is 3.37. The minimum absolute atomic E-state index is 0.00606. The van der Waals surface area contributed by atoms with Gasteiger partial charge in [-0.1, -0.05) is 308 Å². The first-order valence-corrected chi connectivity index (χ1v) is 32.1. The summed E-state index contributed by atoms with van der Waals surface area (Å²) in [4.78, 5) is 24.6. The van der Waals surface area contributed by atoms with Crippen LogP contribution in [0.1, 0.15) is 354 Å². The summed E-state index contributed by atoms with van der Waals surface area (Å²) < 4.78 is 5.49. The summed E-state index contributed by atoms with van der Waals surface area (Å²) in [5.74, 6) is -0.0270. The molecule has 0 fully saturated rings. The first-order valence-electron chi connectivity index (χ1n) is 32.1. The van der Waals surface area contributed by atoms with E-state index in [0.29, 0.717) is 25.9 Å². The predicted molar refractivity (Wildman–Crippen MR) is 310 cm³/mol. The molecule has 0 bridgehead atoms. The Morgan fingerprint density at radius 3 is 1.10 bits per heavy atom. The highest BCUT2D eigenvalue weighted by Gasteiger charge is 2.20. The smallest absolute Gasteiger partial charge is 0.305 e. The maximum absolute atomic E-state index is 12.5. The van der Waals surface area contributed by atoms with E-state index in [0.717, 1.165) is 51.4 Å². The van der Waals surface area contributed by atoms with Crippen molar-refractivity contribution in [3.05, 3.63) is 24.3 Å². The van der Waals surface area contributed by atoms with Crippen molar-refractivity contribution in [3.63, 3.8) is 0 Å². The van der Waals surface area contributed by atoms with Crippen LogP contribution in [0.25, 0.3) is 0 Å². The van der Waals surface area contributed by atoms with Crippen LogP contribution in [0.2, 0.25) is 0 Å². The molecule has 0 aromatic carbocycles. The Kier molecular flexibility index (Phi) is 59.5. The molecule has 2 unspecified atom stereocenters. The van der Waals surface area contributed by atoms with E-state index in [-0.39, 0.29) is 18.5 Å². The zero-order valence-corrected chi connectivity index (χ0v) is 48.0. The lowest BCUT2D eigenvalue weighted by atomic mass is 10.0. The van der Waals surface area contributed by atoms with Crippen LogP contribution in [-0.2, 0) is 14.3 Å². The zero-order chi connectivity index (χ0) is 51.4. The molecule has 1 amide bonds. The molecule has 420 valence electrons. The average molecular weight is 1000 g/mol. The van der Waals surface area contributed by atoms with Gasteiger partial charge < -0.3 is 20.3 Å². The number of amides is 1. The van der Waals surface area contributed by atoms with Crippen molar-refractivity contribution < 1.29 is 24.5 Å². The van der Waals surface area contributed by atoms with Crippen LogP contribution in [0.15, 0.2) is 24.3 Å². The number of nitrogens with one attached hydrogen (secondary N) is 1. The number of allylic oxidation sites excluding steroid dienone is 4. The van der Waals surface area contributed by atoms with Gasteiger partial charge in [-0.3, -0.25) is 9.59 Å². The van der Waals surface area contributed by atoms with Crippen molar-refractivity contribution in [1.29, 1.82) is 0 Å². The van der Waals surface area contributed by atoms with Gasteiger partial charge in [0.25, 0.3) is 0 Å². The topological polar surface area (TPSA) is 95.9 Å². The fourth-order valence-electron chi connectivity index (χ4n) is 10.1. The molecule has 0 rings (SSSR count). The summed E-state index contributed by atoms with van der Waals surface area (Å²) in [7, 11) is 0. The van der Waals surface area contributed by atoms with E-state index < -0.39 is 12.1 Å². The van der Waals surface area contributed by atoms with Crippen molar-refractivity contribution in [2.75, 3.05) is 13.2 Å². The van der Waals surface area contributed by atoms with Gasteiger partial charge in [-0.25, -0.2) is 0 Å². The maximum Gasteiger partial charge on any atom is 0.305 e. The molecule has 0 aliphatic carbocycles. The van der Waals surface area contributed by atoms with Gasteiger partial charge in [0.1, 0.15) is 0 Å². The van der Waals surface area contributed by atoms with Crippen LogP contribution in [-0.4, -0.2) is 47.4 Å². The second-order valence-corrected chi connectivity index (χ2v) is 22.1. The first kappa shape index (κ1) is 69.3. The highest BCUT2D eigenvalue weighted by molar-refractivity contribution is 5.76. The largest absolute Gasteiger partial charge is 0.466 e. The summed E-state index contributed by atoms with van der Waals surface area (Å²) >= 11 is 0. The molecule has 3 N–H and O–H groups in total. The molecule has 6 heteroatoms. The highest BCUT2D eigenvalue weighted by atomic mass is 16.5. The number of hydrogen-bond acceptors (Lipinski definition) is 5. The van der Waals surface area contributed by atoms with Crippen LogP contribution < -0.4 is 5.32 Å². The molecule has 6 nitrogen and oxygen atoms in total. The van der Waals surface area contributed by atoms with Crippen LogP contribution in [0.3, 0.4) is 0 Å². The zero-order valence-electron chi connectivity index (χ0n) is 48.0. The van der Waals surface area contributed by atoms with E-state index in [1.807, 2.05) is 0 Å². The van der Waals surface area contributed by atoms with Gasteiger partial charge in [-0.05, 0) is 57.8 Å². The molecule has 0 saturated carbocycles. The van der Waals surface area contributed by atoms with E-state index in [4.69, 9.17) is 4.74 Å². The number of hydrogen-bond donors (Lipinski definition) is 3. The lowest BCUT2D eigenvalue weighted by Crippen LogP contribution is -2.45. The molecule has 0 aromatic rings. The standard InChI is InChI=1S/C65H125NO5/c1-3-5-7-9-11-13-15-17-19-26-31-35-39-43-47-51-55-59-65(70)71-60-56-52-48-44-40-36-32-28-25-23-21-20-22-24-27-30-34-38-42-46-50-54-58-64(69)66-62(61-67)63(68)57-53-49-45-41-37-33-29-18-16-14-12-10-8-6-4-2/h11,13,17,19,62-63,67-68H,3-10,12,14-16,18,20-61H2,1-2H3,(H,66,69)/b13-11-,19-17-. The predicted octanol–water partition coefficient (Wildman–Crippen LogP) is 20.2. The number of carbonyl (C=O) groups is 2. The minimum Gasteiger partial charge on any atom is -0.466 e. The SMILES string of the molecule is CCCCC/C=C\C/C=C\CCCCCCCCCC(=O)OCCCCCCCCCCCCCCCCCCCCCCCCC(=O)NC(CO)C(O)CCCCCCCCCCCCCCCCC. The Bertz CT molecular complexity index is 1110. The van der Waals surface area contributed by atoms with Gasteiger partial charge in [0.2, 0.25) is 5.91 Å². The third-order valence-electron chi connectivity index (χ3n) is 15.0. The normalized spacial score (nSPS) is 12.7. The van der Waals surface area contributed by atoms with Gasteiger partial charge in [0, 0.05) is 12.8 Å². The lowest BCUT2D eigenvalue weighted by molar-refractivity contribution is -0.143. The van der Waals surface area contributed by atoms with Gasteiger partial charge in [-0.15, -0.1) is 0 Å². The molecule has 0 aromatic heterocycles. The molecule has 0 aliphatic rings. The van der Waals surface area contributed by atoms with Crippen LogP contribution in [0.4, 0.5) is 0 Å². The van der Waals surface area contributed by atoms with Crippen molar-refractivity contribution in [1.82, 2.24) is 5.32 Å². The quantitative estimate of drug-likeness (QED) is 0.0320. The molecule has 2 atom stereocenters. The number of rotatable bonds is 60. The van der Waals surface area contributed by atoms with E-state index in [2.05, 4.69) is 43.5 Å². The molecule has 0 aliphatic heterocycles. The summed E-state index contributed by atoms with van der Waals surface area (Å²) in [5.41, 5.74) is 0. The maximum atomic E-state index is 12.5. The fraction of sp³-hybridized carbons (Fsp3) is 0.908. The van der Waals surface area contributed by atoms with Crippen LogP contribution in [0, 0.1) is 0 Å².